The lowest BCUT2D eigenvalue weighted by Gasteiger charge is -2.10. The van der Waals surface area contributed by atoms with Crippen LogP contribution in [-0.4, -0.2) is 4.92 Å². The monoisotopic (exact) mass is 302 g/mol. The molecule has 0 saturated heterocycles. The number of aryl methyl sites for hydroxylation is 1. The van der Waals surface area contributed by atoms with Gasteiger partial charge in [0.05, 0.1) is 22.1 Å². The van der Waals surface area contributed by atoms with Crippen LogP contribution in [0.4, 0.5) is 5.69 Å². The molecule has 0 spiro atoms. The normalized spacial score (nSPS) is 9.95. The van der Waals surface area contributed by atoms with E-state index in [9.17, 15) is 10.1 Å². The molecular formula is C15H11ClN2O3. The molecule has 0 N–H and O–H groups in total. The molecule has 0 radical (unpaired) electrons. The maximum Gasteiger partial charge on any atom is 0.277 e. The van der Waals surface area contributed by atoms with E-state index in [0.717, 1.165) is 5.56 Å². The first-order chi connectivity index (χ1) is 10.0. The Morgan fingerprint density at radius 3 is 2.76 bits per heavy atom. The molecule has 0 aliphatic heterocycles. The second kappa shape index (κ2) is 6.25. The van der Waals surface area contributed by atoms with Crippen LogP contribution >= 0.6 is 11.6 Å². The molecule has 0 aliphatic carbocycles. The van der Waals surface area contributed by atoms with Crippen LogP contribution in [0.2, 0.25) is 5.02 Å². The Bertz CT molecular complexity index is 738. The van der Waals surface area contributed by atoms with E-state index in [1.165, 1.54) is 6.07 Å². The summed E-state index contributed by atoms with van der Waals surface area (Å²) >= 11 is 5.76. The molecule has 5 nitrogen and oxygen atoms in total. The van der Waals surface area contributed by atoms with Crippen molar-refractivity contribution in [2.45, 2.75) is 13.5 Å². The van der Waals surface area contributed by atoms with Gasteiger partial charge in [0.1, 0.15) is 12.4 Å². The van der Waals surface area contributed by atoms with Gasteiger partial charge in [-0.1, -0.05) is 17.7 Å². The fourth-order valence-corrected chi connectivity index (χ4v) is 1.98. The third kappa shape index (κ3) is 3.50. The van der Waals surface area contributed by atoms with E-state index in [2.05, 4.69) is 0 Å². The highest BCUT2D eigenvalue weighted by Crippen LogP contribution is 2.26. The number of nitriles is 1. The SMILES string of the molecule is Cc1ccc(C#N)cc1OCc1ccc(Cl)cc1[N+](=O)[O-]. The van der Waals surface area contributed by atoms with Gasteiger partial charge < -0.3 is 4.74 Å². The van der Waals surface area contributed by atoms with Crippen molar-refractivity contribution < 1.29 is 9.66 Å². The second-order valence-corrected chi connectivity index (χ2v) is 4.85. The van der Waals surface area contributed by atoms with Crippen LogP contribution in [0.25, 0.3) is 0 Å². The Balaban J connectivity index is 2.25. The number of benzene rings is 2. The van der Waals surface area contributed by atoms with Crippen molar-refractivity contribution in [3.63, 3.8) is 0 Å². The Labute approximate surface area is 126 Å². The van der Waals surface area contributed by atoms with Crippen molar-refractivity contribution in [2.75, 3.05) is 0 Å². The van der Waals surface area contributed by atoms with E-state index in [4.69, 9.17) is 21.6 Å². The number of ether oxygens (including phenoxy) is 1. The predicted molar refractivity (Wildman–Crippen MR) is 78.3 cm³/mol. The van der Waals surface area contributed by atoms with Crippen molar-refractivity contribution in [1.29, 1.82) is 5.26 Å². The van der Waals surface area contributed by atoms with Crippen LogP contribution < -0.4 is 4.74 Å². The molecule has 0 heterocycles. The second-order valence-electron chi connectivity index (χ2n) is 4.41. The van der Waals surface area contributed by atoms with Crippen LogP contribution in [-0.2, 0) is 6.61 Å². The molecule has 2 aromatic carbocycles. The van der Waals surface area contributed by atoms with Gasteiger partial charge in [-0.3, -0.25) is 10.1 Å². The molecule has 6 heteroatoms. The molecule has 106 valence electrons. The lowest BCUT2D eigenvalue weighted by atomic mass is 10.1. The zero-order chi connectivity index (χ0) is 15.4. The zero-order valence-corrected chi connectivity index (χ0v) is 11.9. The predicted octanol–water partition coefficient (Wildman–Crippen LogP) is 4.01. The van der Waals surface area contributed by atoms with E-state index in [0.29, 0.717) is 21.9 Å². The van der Waals surface area contributed by atoms with Crippen molar-refractivity contribution in [2.24, 2.45) is 0 Å². The number of halogens is 1. The first-order valence-corrected chi connectivity index (χ1v) is 6.45. The molecular weight excluding hydrogens is 292 g/mol. The molecule has 0 saturated carbocycles. The standard InChI is InChI=1S/C15H11ClN2O3/c1-10-2-3-11(8-17)6-15(10)21-9-12-4-5-13(16)7-14(12)18(19)20/h2-7H,9H2,1H3. The highest BCUT2D eigenvalue weighted by Gasteiger charge is 2.15. The van der Waals surface area contributed by atoms with Crippen LogP contribution in [0.5, 0.6) is 5.75 Å². The lowest BCUT2D eigenvalue weighted by Crippen LogP contribution is -2.01. The molecule has 21 heavy (non-hydrogen) atoms. The summed E-state index contributed by atoms with van der Waals surface area (Å²) < 4.78 is 5.60. The quantitative estimate of drug-likeness (QED) is 0.631. The number of hydrogen-bond acceptors (Lipinski definition) is 4. The van der Waals surface area contributed by atoms with Crippen molar-refractivity contribution >= 4 is 17.3 Å². The Kier molecular flexibility index (Phi) is 4.41. The molecule has 0 aliphatic rings. The largest absolute Gasteiger partial charge is 0.488 e. The lowest BCUT2D eigenvalue weighted by molar-refractivity contribution is -0.385. The van der Waals surface area contributed by atoms with Gasteiger partial charge in [-0.15, -0.1) is 0 Å². The summed E-state index contributed by atoms with van der Waals surface area (Å²) in [5.74, 6) is 0.526. The molecule has 0 fully saturated rings. The third-order valence-electron chi connectivity index (χ3n) is 2.94. The summed E-state index contributed by atoms with van der Waals surface area (Å²) in [7, 11) is 0. The summed E-state index contributed by atoms with van der Waals surface area (Å²) in [4.78, 5) is 10.5. The molecule has 0 unspecified atom stereocenters. The molecule has 0 aromatic heterocycles. The Hall–Kier alpha value is -2.58. The van der Waals surface area contributed by atoms with Gasteiger partial charge in [0, 0.05) is 11.1 Å². The minimum Gasteiger partial charge on any atom is -0.488 e. The van der Waals surface area contributed by atoms with Crippen molar-refractivity contribution in [3.05, 3.63) is 68.2 Å². The van der Waals surface area contributed by atoms with Crippen LogP contribution in [0.1, 0.15) is 16.7 Å². The van der Waals surface area contributed by atoms with Crippen LogP contribution in [0, 0.1) is 28.4 Å². The number of rotatable bonds is 4. The molecule has 2 aromatic rings. The number of nitrogens with zero attached hydrogens (tertiary/aromatic N) is 2. The average molecular weight is 303 g/mol. The minimum atomic E-state index is -0.497. The summed E-state index contributed by atoms with van der Waals surface area (Å²) in [6.45, 7) is 1.87. The number of hydrogen-bond donors (Lipinski definition) is 0. The first kappa shape index (κ1) is 14.8. The maximum absolute atomic E-state index is 11.0. The number of nitro groups is 1. The fraction of sp³-hybridized carbons (Fsp3) is 0.133. The Morgan fingerprint density at radius 1 is 1.33 bits per heavy atom. The summed E-state index contributed by atoms with van der Waals surface area (Å²) in [6, 6.07) is 11.5. The van der Waals surface area contributed by atoms with E-state index in [1.54, 1.807) is 30.3 Å². The summed E-state index contributed by atoms with van der Waals surface area (Å²) in [6.07, 6.45) is 0. The highest BCUT2D eigenvalue weighted by molar-refractivity contribution is 6.30. The highest BCUT2D eigenvalue weighted by atomic mass is 35.5. The summed E-state index contributed by atoms with van der Waals surface area (Å²) in [5, 5.41) is 20.2. The van der Waals surface area contributed by atoms with Crippen molar-refractivity contribution in [3.8, 4) is 11.8 Å². The van der Waals surface area contributed by atoms with E-state index in [-0.39, 0.29) is 12.3 Å². The van der Waals surface area contributed by atoms with Gasteiger partial charge in [-0.25, -0.2) is 0 Å². The van der Waals surface area contributed by atoms with E-state index < -0.39 is 4.92 Å². The van der Waals surface area contributed by atoms with Crippen molar-refractivity contribution in [1.82, 2.24) is 0 Å². The van der Waals surface area contributed by atoms with Gasteiger partial charge in [0.2, 0.25) is 0 Å². The smallest absolute Gasteiger partial charge is 0.277 e. The summed E-state index contributed by atoms with van der Waals surface area (Å²) in [5.41, 5.74) is 1.66. The third-order valence-corrected chi connectivity index (χ3v) is 3.18. The Morgan fingerprint density at radius 2 is 2.10 bits per heavy atom. The molecule has 0 amide bonds. The molecule has 0 atom stereocenters. The first-order valence-electron chi connectivity index (χ1n) is 6.07. The topological polar surface area (TPSA) is 76.2 Å². The van der Waals surface area contributed by atoms with Gasteiger partial charge in [0.15, 0.2) is 0 Å². The van der Waals surface area contributed by atoms with Gasteiger partial charge >= 0.3 is 0 Å². The molecule has 0 bridgehead atoms. The zero-order valence-electron chi connectivity index (χ0n) is 11.2. The van der Waals surface area contributed by atoms with Gasteiger partial charge in [-0.05, 0) is 36.8 Å². The fourth-order valence-electron chi connectivity index (χ4n) is 1.81. The minimum absolute atomic E-state index is 0.0310. The maximum atomic E-state index is 11.0. The van der Waals surface area contributed by atoms with Gasteiger partial charge in [0.25, 0.3) is 5.69 Å². The van der Waals surface area contributed by atoms with Crippen LogP contribution in [0.3, 0.4) is 0 Å². The molecule has 2 rings (SSSR count). The van der Waals surface area contributed by atoms with E-state index >= 15 is 0 Å². The van der Waals surface area contributed by atoms with Gasteiger partial charge in [-0.2, -0.15) is 5.26 Å². The van der Waals surface area contributed by atoms with E-state index in [1.807, 2.05) is 13.0 Å². The number of nitro benzene ring substituents is 1. The average Bonchev–Trinajstić information content (AvgIpc) is 2.47. The van der Waals surface area contributed by atoms with Crippen LogP contribution in [0.15, 0.2) is 36.4 Å².